The second kappa shape index (κ2) is 5.79. The molecule has 2 aromatic rings. The number of Topliss-reactive ketones (excluding diaryl/α,β-unsaturated/α-hetero) is 1. The Morgan fingerprint density at radius 3 is 2.55 bits per heavy atom. The molecule has 0 unspecified atom stereocenters. The van der Waals surface area contributed by atoms with Crippen molar-refractivity contribution in [1.29, 1.82) is 5.26 Å². The molecule has 3 nitrogen and oxygen atoms in total. The summed E-state index contributed by atoms with van der Waals surface area (Å²) in [7, 11) is -1.23. The van der Waals surface area contributed by atoms with Crippen LogP contribution in [0, 0.1) is 18.3 Å². The molecular formula is C17H15NO2S2. The number of aryl methyl sites for hydroxylation is 1. The maximum atomic E-state index is 12.6. The first-order valence-corrected chi connectivity index (χ1v) is 9.37. The molecule has 1 aliphatic carbocycles. The summed E-state index contributed by atoms with van der Waals surface area (Å²) in [6.07, 6.45) is 2.65. The zero-order chi connectivity index (χ0) is 15.9. The van der Waals surface area contributed by atoms with Crippen LogP contribution in [-0.4, -0.2) is 16.2 Å². The van der Waals surface area contributed by atoms with Crippen LogP contribution in [0.25, 0.3) is 0 Å². The molecule has 0 saturated carbocycles. The second-order valence-corrected chi connectivity index (χ2v) is 8.17. The molecule has 1 aromatic carbocycles. The predicted octanol–water partition coefficient (Wildman–Crippen LogP) is 3.58. The fourth-order valence-electron chi connectivity index (χ4n) is 2.93. The molecule has 0 bridgehead atoms. The highest BCUT2D eigenvalue weighted by atomic mass is 32.2. The Labute approximate surface area is 136 Å². The van der Waals surface area contributed by atoms with Crippen molar-refractivity contribution >= 4 is 27.9 Å². The Morgan fingerprint density at radius 1 is 1.27 bits per heavy atom. The summed E-state index contributed by atoms with van der Waals surface area (Å²) in [4.78, 5) is 13.1. The van der Waals surface area contributed by atoms with Crippen molar-refractivity contribution in [2.45, 2.75) is 29.9 Å². The van der Waals surface area contributed by atoms with Gasteiger partial charge in [-0.15, -0.1) is 11.3 Å². The van der Waals surface area contributed by atoms with Gasteiger partial charge in [-0.2, -0.15) is 5.26 Å². The molecule has 5 heteroatoms. The standard InChI is InChI=1S/C17H15NO2S2/c1-10-3-5-11(6-4-10)12-7-13-15(9-18)21-17(22(2)20)16(13)14(19)8-12/h3-6,12H,7-8H2,1-2H3/t12-,22-/m1/s1. The third kappa shape index (κ3) is 2.53. The zero-order valence-corrected chi connectivity index (χ0v) is 14.0. The topological polar surface area (TPSA) is 57.9 Å². The number of carbonyl (C=O) groups excluding carboxylic acids is 1. The monoisotopic (exact) mass is 329 g/mol. The van der Waals surface area contributed by atoms with E-state index in [1.807, 2.05) is 19.1 Å². The van der Waals surface area contributed by atoms with E-state index in [0.717, 1.165) is 11.1 Å². The number of hydrogen-bond acceptors (Lipinski definition) is 4. The number of thiophene rings is 1. The molecule has 0 fully saturated rings. The molecular weight excluding hydrogens is 314 g/mol. The van der Waals surface area contributed by atoms with Gasteiger partial charge < -0.3 is 0 Å². The van der Waals surface area contributed by atoms with Crippen molar-refractivity contribution in [3.8, 4) is 6.07 Å². The number of nitriles is 1. The quantitative estimate of drug-likeness (QED) is 0.846. The normalized spacial score (nSPS) is 18.6. The smallest absolute Gasteiger partial charge is 0.165 e. The summed E-state index contributed by atoms with van der Waals surface area (Å²) in [5, 5.41) is 9.32. The van der Waals surface area contributed by atoms with Crippen LogP contribution >= 0.6 is 11.3 Å². The summed E-state index contributed by atoms with van der Waals surface area (Å²) >= 11 is 1.20. The van der Waals surface area contributed by atoms with Crippen molar-refractivity contribution in [3.05, 3.63) is 51.4 Å². The van der Waals surface area contributed by atoms with Gasteiger partial charge in [-0.05, 0) is 30.4 Å². The predicted molar refractivity (Wildman–Crippen MR) is 87.9 cm³/mol. The van der Waals surface area contributed by atoms with Gasteiger partial charge in [0.1, 0.15) is 15.2 Å². The lowest BCUT2D eigenvalue weighted by molar-refractivity contribution is 0.0962. The summed E-state index contributed by atoms with van der Waals surface area (Å²) < 4.78 is 12.4. The van der Waals surface area contributed by atoms with Crippen LogP contribution in [0.2, 0.25) is 0 Å². The second-order valence-electron chi connectivity index (χ2n) is 5.58. The number of benzene rings is 1. The first-order valence-electron chi connectivity index (χ1n) is 7.00. The van der Waals surface area contributed by atoms with Gasteiger partial charge in [-0.3, -0.25) is 9.00 Å². The molecule has 0 aliphatic heterocycles. The highest BCUT2D eigenvalue weighted by molar-refractivity contribution is 7.86. The SMILES string of the molecule is Cc1ccc([C@H]2CC(=O)c3c([S@@](C)=O)sc(C#N)c3C2)cc1. The lowest BCUT2D eigenvalue weighted by atomic mass is 9.80. The Kier molecular flexibility index (Phi) is 3.98. The van der Waals surface area contributed by atoms with Crippen molar-refractivity contribution in [2.75, 3.05) is 6.26 Å². The van der Waals surface area contributed by atoms with Gasteiger partial charge in [0.15, 0.2) is 5.78 Å². The van der Waals surface area contributed by atoms with Gasteiger partial charge >= 0.3 is 0 Å². The van der Waals surface area contributed by atoms with E-state index < -0.39 is 10.8 Å². The molecule has 1 aliphatic rings. The molecule has 0 amide bonds. The van der Waals surface area contributed by atoms with Crippen LogP contribution in [0.5, 0.6) is 0 Å². The summed E-state index contributed by atoms with van der Waals surface area (Å²) in [5.41, 5.74) is 3.65. The summed E-state index contributed by atoms with van der Waals surface area (Å²) in [5.74, 6) is 0.107. The lowest BCUT2D eigenvalue weighted by Gasteiger charge is -2.22. The maximum absolute atomic E-state index is 12.6. The number of ketones is 1. The van der Waals surface area contributed by atoms with E-state index in [1.165, 1.54) is 16.9 Å². The average molecular weight is 329 g/mol. The number of nitrogens with zero attached hydrogens (tertiary/aromatic N) is 1. The molecule has 3 rings (SSSR count). The van der Waals surface area contributed by atoms with Gasteiger partial charge in [-0.1, -0.05) is 29.8 Å². The molecule has 1 heterocycles. The fraction of sp³-hybridized carbons (Fsp3) is 0.294. The average Bonchev–Trinajstić information content (AvgIpc) is 2.87. The highest BCUT2D eigenvalue weighted by Gasteiger charge is 2.33. The third-order valence-electron chi connectivity index (χ3n) is 4.05. The molecule has 0 spiro atoms. The number of fused-ring (bicyclic) bond motifs is 1. The van der Waals surface area contributed by atoms with Crippen LogP contribution in [0.15, 0.2) is 28.5 Å². The van der Waals surface area contributed by atoms with E-state index in [0.29, 0.717) is 27.5 Å². The summed E-state index contributed by atoms with van der Waals surface area (Å²) in [6.45, 7) is 2.03. The Morgan fingerprint density at radius 2 is 1.95 bits per heavy atom. The molecule has 0 saturated heterocycles. The van der Waals surface area contributed by atoms with E-state index in [-0.39, 0.29) is 11.7 Å². The van der Waals surface area contributed by atoms with Crippen LogP contribution in [-0.2, 0) is 17.2 Å². The van der Waals surface area contributed by atoms with E-state index in [9.17, 15) is 14.3 Å². The maximum Gasteiger partial charge on any atom is 0.165 e. The minimum absolute atomic E-state index is 0.00905. The molecule has 2 atom stereocenters. The third-order valence-corrected chi connectivity index (χ3v) is 6.66. The molecule has 112 valence electrons. The van der Waals surface area contributed by atoms with Gasteiger partial charge in [0.25, 0.3) is 0 Å². The number of carbonyl (C=O) groups is 1. The van der Waals surface area contributed by atoms with Crippen LogP contribution in [0.3, 0.4) is 0 Å². The lowest BCUT2D eigenvalue weighted by Crippen LogP contribution is -2.19. The van der Waals surface area contributed by atoms with Gasteiger partial charge in [-0.25, -0.2) is 0 Å². The number of rotatable bonds is 2. The van der Waals surface area contributed by atoms with Gasteiger partial charge in [0.05, 0.1) is 10.8 Å². The molecule has 0 N–H and O–H groups in total. The van der Waals surface area contributed by atoms with Gasteiger partial charge in [0, 0.05) is 18.2 Å². The van der Waals surface area contributed by atoms with E-state index >= 15 is 0 Å². The Hall–Kier alpha value is -1.77. The summed E-state index contributed by atoms with van der Waals surface area (Å²) in [6, 6.07) is 10.4. The van der Waals surface area contributed by atoms with Crippen molar-refractivity contribution in [3.63, 3.8) is 0 Å². The first kappa shape index (κ1) is 15.1. The Balaban J connectivity index is 2.06. The zero-order valence-electron chi connectivity index (χ0n) is 12.4. The van der Waals surface area contributed by atoms with Crippen LogP contribution < -0.4 is 0 Å². The van der Waals surface area contributed by atoms with Crippen molar-refractivity contribution in [2.24, 2.45) is 0 Å². The van der Waals surface area contributed by atoms with Gasteiger partial charge in [0.2, 0.25) is 0 Å². The van der Waals surface area contributed by atoms with E-state index in [4.69, 9.17) is 0 Å². The first-order chi connectivity index (χ1) is 10.5. The van der Waals surface area contributed by atoms with E-state index in [2.05, 4.69) is 18.2 Å². The van der Waals surface area contributed by atoms with Crippen LogP contribution in [0.4, 0.5) is 0 Å². The minimum Gasteiger partial charge on any atom is -0.294 e. The largest absolute Gasteiger partial charge is 0.294 e. The molecule has 0 radical (unpaired) electrons. The van der Waals surface area contributed by atoms with Crippen molar-refractivity contribution in [1.82, 2.24) is 0 Å². The van der Waals surface area contributed by atoms with E-state index in [1.54, 1.807) is 6.26 Å². The molecule has 22 heavy (non-hydrogen) atoms. The minimum atomic E-state index is -1.23. The molecule has 1 aromatic heterocycles. The fourth-order valence-corrected chi connectivity index (χ4v) is 5.05. The number of hydrogen-bond donors (Lipinski definition) is 0. The Bertz CT molecular complexity index is 812. The van der Waals surface area contributed by atoms with Crippen molar-refractivity contribution < 1.29 is 9.00 Å². The van der Waals surface area contributed by atoms with Crippen LogP contribution in [0.1, 0.15) is 44.3 Å². The highest BCUT2D eigenvalue weighted by Crippen LogP contribution is 2.40.